The van der Waals surface area contributed by atoms with Crippen LogP contribution in [0.4, 0.5) is 5.13 Å². The number of hydrogen-bond donors (Lipinski definition) is 1. The molecule has 0 amide bonds. The first-order chi connectivity index (χ1) is 9.28. The van der Waals surface area contributed by atoms with E-state index < -0.39 is 0 Å². The molecule has 5 heteroatoms. The van der Waals surface area contributed by atoms with Crippen molar-refractivity contribution >= 4 is 22.4 Å². The smallest absolute Gasteiger partial charge is 0.357 e. The first-order valence-corrected chi connectivity index (χ1v) is 7.01. The van der Waals surface area contributed by atoms with Crippen molar-refractivity contribution in [1.29, 1.82) is 0 Å². The SMILES string of the molecule is COC(=O)c1csc(NC2CC2c2ccccc2)n1. The maximum absolute atomic E-state index is 11.3. The molecule has 1 heterocycles. The molecule has 2 unspecified atom stereocenters. The third-order valence-corrected chi connectivity index (χ3v) is 4.00. The number of nitrogens with one attached hydrogen (secondary N) is 1. The Morgan fingerprint density at radius 3 is 2.95 bits per heavy atom. The van der Waals surface area contributed by atoms with Gasteiger partial charge in [0.25, 0.3) is 0 Å². The average Bonchev–Trinajstić information content (AvgIpc) is 3.06. The van der Waals surface area contributed by atoms with E-state index in [1.165, 1.54) is 24.0 Å². The lowest BCUT2D eigenvalue weighted by molar-refractivity contribution is 0.0595. The molecule has 19 heavy (non-hydrogen) atoms. The van der Waals surface area contributed by atoms with Gasteiger partial charge in [-0.15, -0.1) is 11.3 Å². The molecule has 3 rings (SSSR count). The second-order valence-corrected chi connectivity index (χ2v) is 5.39. The van der Waals surface area contributed by atoms with Crippen molar-refractivity contribution in [2.75, 3.05) is 12.4 Å². The maximum Gasteiger partial charge on any atom is 0.357 e. The van der Waals surface area contributed by atoms with E-state index in [1.807, 2.05) is 6.07 Å². The lowest BCUT2D eigenvalue weighted by Crippen LogP contribution is -2.05. The summed E-state index contributed by atoms with van der Waals surface area (Å²) in [5.41, 5.74) is 1.72. The summed E-state index contributed by atoms with van der Waals surface area (Å²) >= 11 is 1.44. The number of rotatable bonds is 4. The van der Waals surface area contributed by atoms with E-state index in [-0.39, 0.29) is 5.97 Å². The molecule has 2 aromatic rings. The van der Waals surface area contributed by atoms with Gasteiger partial charge in [-0.1, -0.05) is 30.3 Å². The van der Waals surface area contributed by atoms with Gasteiger partial charge in [0.1, 0.15) is 0 Å². The van der Waals surface area contributed by atoms with Crippen molar-refractivity contribution in [3.8, 4) is 0 Å². The van der Waals surface area contributed by atoms with Gasteiger partial charge < -0.3 is 10.1 Å². The molecule has 4 nitrogen and oxygen atoms in total. The van der Waals surface area contributed by atoms with E-state index in [4.69, 9.17) is 0 Å². The van der Waals surface area contributed by atoms with Crippen molar-refractivity contribution in [1.82, 2.24) is 4.98 Å². The minimum absolute atomic E-state index is 0.368. The van der Waals surface area contributed by atoms with Gasteiger partial charge in [0.05, 0.1) is 7.11 Å². The van der Waals surface area contributed by atoms with E-state index >= 15 is 0 Å². The number of aromatic nitrogens is 1. The van der Waals surface area contributed by atoms with Crippen molar-refractivity contribution in [3.63, 3.8) is 0 Å². The molecule has 1 aromatic heterocycles. The van der Waals surface area contributed by atoms with Crippen LogP contribution in [0.25, 0.3) is 0 Å². The highest BCUT2D eigenvalue weighted by molar-refractivity contribution is 7.13. The van der Waals surface area contributed by atoms with Crippen LogP contribution < -0.4 is 5.32 Å². The van der Waals surface area contributed by atoms with Crippen molar-refractivity contribution < 1.29 is 9.53 Å². The summed E-state index contributed by atoms with van der Waals surface area (Å²) in [4.78, 5) is 15.5. The number of hydrogen-bond acceptors (Lipinski definition) is 5. The van der Waals surface area contributed by atoms with Crippen LogP contribution in [0.2, 0.25) is 0 Å². The summed E-state index contributed by atoms with van der Waals surface area (Å²) in [5, 5.41) is 5.86. The van der Waals surface area contributed by atoms with Gasteiger partial charge in [-0.2, -0.15) is 0 Å². The molecule has 1 aliphatic rings. The molecule has 1 aliphatic carbocycles. The molecule has 0 radical (unpaired) electrons. The zero-order valence-electron chi connectivity index (χ0n) is 10.5. The molecule has 0 spiro atoms. The molecule has 1 N–H and O–H groups in total. The standard InChI is InChI=1S/C14H14N2O2S/c1-18-13(17)12-8-19-14(16-12)15-11-7-10(11)9-5-3-2-4-6-9/h2-6,8,10-11H,7H2,1H3,(H,15,16). The third kappa shape index (κ3) is 2.61. The molecule has 0 bridgehead atoms. The van der Waals surface area contributed by atoms with E-state index in [0.717, 1.165) is 11.6 Å². The van der Waals surface area contributed by atoms with Crippen LogP contribution in [0, 0.1) is 0 Å². The van der Waals surface area contributed by atoms with Crippen LogP contribution in [0.5, 0.6) is 0 Å². The molecular formula is C14H14N2O2S. The number of carbonyl (C=O) groups excluding carboxylic acids is 1. The molecule has 2 atom stereocenters. The molecule has 0 saturated heterocycles. The zero-order valence-corrected chi connectivity index (χ0v) is 11.3. The van der Waals surface area contributed by atoms with Crippen molar-refractivity contribution in [3.05, 3.63) is 47.0 Å². The fourth-order valence-electron chi connectivity index (χ4n) is 2.12. The Morgan fingerprint density at radius 2 is 2.21 bits per heavy atom. The minimum atomic E-state index is -0.389. The molecule has 1 aromatic carbocycles. The summed E-state index contributed by atoms with van der Waals surface area (Å²) in [7, 11) is 1.36. The van der Waals surface area contributed by atoms with E-state index in [9.17, 15) is 4.79 Å². The first kappa shape index (κ1) is 12.2. The Bertz CT molecular complexity index is 582. The Kier molecular flexibility index (Phi) is 3.21. The number of thiazole rings is 1. The second-order valence-electron chi connectivity index (χ2n) is 4.53. The largest absolute Gasteiger partial charge is 0.464 e. The summed E-state index contributed by atoms with van der Waals surface area (Å²) in [6.07, 6.45) is 1.11. The molecule has 98 valence electrons. The van der Waals surface area contributed by atoms with Gasteiger partial charge in [-0.3, -0.25) is 0 Å². The van der Waals surface area contributed by atoms with Gasteiger partial charge in [0, 0.05) is 17.3 Å². The quantitative estimate of drug-likeness (QED) is 0.871. The lowest BCUT2D eigenvalue weighted by Gasteiger charge is -2.01. The normalized spacial score (nSPS) is 20.9. The van der Waals surface area contributed by atoms with Gasteiger partial charge in [-0.05, 0) is 12.0 Å². The van der Waals surface area contributed by atoms with Crippen LogP contribution in [0.15, 0.2) is 35.7 Å². The molecule has 1 saturated carbocycles. The predicted octanol–water partition coefficient (Wildman–Crippen LogP) is 2.90. The number of benzene rings is 1. The van der Waals surface area contributed by atoms with Gasteiger partial charge in [0.2, 0.25) is 0 Å². The van der Waals surface area contributed by atoms with E-state index in [0.29, 0.717) is 17.7 Å². The Labute approximate surface area is 115 Å². The fourth-order valence-corrected chi connectivity index (χ4v) is 2.86. The number of ether oxygens (including phenoxy) is 1. The number of methoxy groups -OCH3 is 1. The van der Waals surface area contributed by atoms with Crippen LogP contribution in [0.1, 0.15) is 28.4 Å². The second kappa shape index (κ2) is 5.01. The number of nitrogens with zero attached hydrogens (tertiary/aromatic N) is 1. The summed E-state index contributed by atoms with van der Waals surface area (Å²) < 4.78 is 4.64. The molecule has 0 aliphatic heterocycles. The van der Waals surface area contributed by atoms with Crippen molar-refractivity contribution in [2.45, 2.75) is 18.4 Å². The van der Waals surface area contributed by atoms with Crippen LogP contribution >= 0.6 is 11.3 Å². The zero-order chi connectivity index (χ0) is 13.2. The van der Waals surface area contributed by atoms with Gasteiger partial charge >= 0.3 is 5.97 Å². The number of anilines is 1. The molecule has 1 fully saturated rings. The lowest BCUT2D eigenvalue weighted by atomic mass is 10.1. The number of esters is 1. The highest BCUT2D eigenvalue weighted by Gasteiger charge is 2.38. The highest BCUT2D eigenvalue weighted by atomic mass is 32.1. The Morgan fingerprint density at radius 1 is 1.42 bits per heavy atom. The highest BCUT2D eigenvalue weighted by Crippen LogP contribution is 2.43. The fraction of sp³-hybridized carbons (Fsp3) is 0.286. The first-order valence-electron chi connectivity index (χ1n) is 6.13. The Balaban J connectivity index is 1.62. The van der Waals surface area contributed by atoms with Crippen molar-refractivity contribution in [2.24, 2.45) is 0 Å². The van der Waals surface area contributed by atoms with Crippen LogP contribution in [0.3, 0.4) is 0 Å². The summed E-state index contributed by atoms with van der Waals surface area (Å²) in [6.45, 7) is 0. The van der Waals surface area contributed by atoms with Crippen LogP contribution in [-0.2, 0) is 4.74 Å². The Hall–Kier alpha value is -1.88. The van der Waals surface area contributed by atoms with E-state index in [1.54, 1.807) is 5.38 Å². The minimum Gasteiger partial charge on any atom is -0.464 e. The topological polar surface area (TPSA) is 51.2 Å². The van der Waals surface area contributed by atoms with E-state index in [2.05, 4.69) is 39.3 Å². The van der Waals surface area contributed by atoms with Gasteiger partial charge in [-0.25, -0.2) is 9.78 Å². The predicted molar refractivity (Wildman–Crippen MR) is 74.7 cm³/mol. The molecular weight excluding hydrogens is 260 g/mol. The maximum atomic E-state index is 11.3. The third-order valence-electron chi connectivity index (χ3n) is 3.23. The summed E-state index contributed by atoms with van der Waals surface area (Å²) in [6, 6.07) is 10.9. The van der Waals surface area contributed by atoms with Crippen LogP contribution in [-0.4, -0.2) is 24.1 Å². The summed E-state index contributed by atoms with van der Waals surface area (Å²) in [5.74, 6) is 0.159. The monoisotopic (exact) mass is 274 g/mol. The average molecular weight is 274 g/mol. The van der Waals surface area contributed by atoms with Gasteiger partial charge in [0.15, 0.2) is 10.8 Å². The number of carbonyl (C=O) groups is 1.